The number of imidazole rings is 1. The summed E-state index contributed by atoms with van der Waals surface area (Å²) in [7, 11) is 1.59. The van der Waals surface area contributed by atoms with Gasteiger partial charge in [0.25, 0.3) is 0 Å². The van der Waals surface area contributed by atoms with E-state index in [9.17, 15) is 10.1 Å². The van der Waals surface area contributed by atoms with Crippen molar-refractivity contribution in [3.63, 3.8) is 0 Å². The molecule has 1 aromatic carbocycles. The Morgan fingerprint density at radius 2 is 2.19 bits per heavy atom. The molecule has 0 aliphatic carbocycles. The van der Waals surface area contributed by atoms with Gasteiger partial charge in [0.15, 0.2) is 5.65 Å². The van der Waals surface area contributed by atoms with Gasteiger partial charge < -0.3 is 15.4 Å². The third-order valence-corrected chi connectivity index (χ3v) is 4.21. The van der Waals surface area contributed by atoms with Gasteiger partial charge in [-0.05, 0) is 30.2 Å². The van der Waals surface area contributed by atoms with Crippen molar-refractivity contribution < 1.29 is 9.53 Å². The Morgan fingerprint density at radius 3 is 2.92 bits per heavy atom. The first kappa shape index (κ1) is 17.7. The second kappa shape index (κ2) is 7.85. The number of nitrogens with one attached hydrogen (secondary N) is 2. The van der Waals surface area contributed by atoms with E-state index >= 15 is 0 Å². The molecule has 7 heteroatoms. The zero-order valence-electron chi connectivity index (χ0n) is 14.9. The van der Waals surface area contributed by atoms with Crippen LogP contribution in [-0.2, 0) is 16.0 Å². The summed E-state index contributed by atoms with van der Waals surface area (Å²) in [6.45, 7) is 3.06. The van der Waals surface area contributed by atoms with Crippen LogP contribution in [0.1, 0.15) is 18.1 Å². The maximum absolute atomic E-state index is 12.0. The Kier molecular flexibility index (Phi) is 5.34. The van der Waals surface area contributed by atoms with E-state index in [0.717, 1.165) is 22.4 Å². The molecule has 1 amide bonds. The van der Waals surface area contributed by atoms with E-state index in [1.807, 2.05) is 41.7 Å². The van der Waals surface area contributed by atoms with Gasteiger partial charge in [-0.2, -0.15) is 5.26 Å². The number of rotatable bonds is 7. The minimum Gasteiger partial charge on any atom is -0.383 e. The lowest BCUT2D eigenvalue weighted by atomic mass is 10.1. The zero-order chi connectivity index (χ0) is 18.5. The van der Waals surface area contributed by atoms with E-state index in [1.165, 1.54) is 0 Å². The molecule has 0 aliphatic rings. The fraction of sp³-hybridized carbons (Fsp3) is 0.316. The van der Waals surface area contributed by atoms with Gasteiger partial charge >= 0.3 is 0 Å². The molecule has 0 aliphatic heterocycles. The molecule has 0 saturated carbocycles. The molecular weight excluding hydrogens is 330 g/mol. The summed E-state index contributed by atoms with van der Waals surface area (Å²) in [5.41, 5.74) is 3.78. The average molecular weight is 351 g/mol. The lowest BCUT2D eigenvalue weighted by molar-refractivity contribution is -0.119. The predicted molar refractivity (Wildman–Crippen MR) is 100 cm³/mol. The highest BCUT2D eigenvalue weighted by Gasteiger charge is 2.16. The molecule has 0 spiro atoms. The number of hydrogen-bond acceptors (Lipinski definition) is 5. The fourth-order valence-electron chi connectivity index (χ4n) is 2.94. The summed E-state index contributed by atoms with van der Waals surface area (Å²) in [6, 6.07) is 11.9. The zero-order valence-corrected chi connectivity index (χ0v) is 14.9. The van der Waals surface area contributed by atoms with Crippen LogP contribution in [-0.4, -0.2) is 42.1 Å². The van der Waals surface area contributed by atoms with Gasteiger partial charge in [-0.25, -0.2) is 4.98 Å². The number of hydrogen-bond donors (Lipinski definition) is 2. The van der Waals surface area contributed by atoms with Crippen molar-refractivity contribution >= 4 is 28.4 Å². The number of aromatic nitrogens is 2. The maximum Gasteiger partial charge on any atom is 0.239 e. The molecule has 134 valence electrons. The van der Waals surface area contributed by atoms with E-state index in [1.54, 1.807) is 7.11 Å². The smallest absolute Gasteiger partial charge is 0.239 e. The van der Waals surface area contributed by atoms with Crippen LogP contribution in [0, 0.1) is 11.3 Å². The van der Waals surface area contributed by atoms with Crippen molar-refractivity contribution in [2.24, 2.45) is 0 Å². The summed E-state index contributed by atoms with van der Waals surface area (Å²) >= 11 is 0. The molecule has 0 fully saturated rings. The Bertz CT molecular complexity index is 987. The first-order valence-corrected chi connectivity index (χ1v) is 8.52. The van der Waals surface area contributed by atoms with Crippen LogP contribution in [0.3, 0.4) is 0 Å². The van der Waals surface area contributed by atoms with Gasteiger partial charge in [-0.15, -0.1) is 0 Å². The highest BCUT2D eigenvalue weighted by atomic mass is 16.5. The molecule has 3 aromatic rings. The standard InChI is InChI=1S/C19H21N5O2/c1-3-13-10-17(22-12-18(25)21-8-9-26-2)24-16-7-5-4-6-15(16)23-19(24)14(13)11-20/h4-7,10,22H,3,8-9,12H2,1-2H3,(H,21,25). The first-order valence-electron chi connectivity index (χ1n) is 8.52. The summed E-state index contributed by atoms with van der Waals surface area (Å²) in [5.74, 6) is 0.619. The predicted octanol–water partition coefficient (Wildman–Crippen LogP) is 2.10. The largest absolute Gasteiger partial charge is 0.383 e. The Labute approximate surface area is 151 Å². The van der Waals surface area contributed by atoms with Crippen LogP contribution < -0.4 is 10.6 Å². The summed E-state index contributed by atoms with van der Waals surface area (Å²) in [4.78, 5) is 16.6. The van der Waals surface area contributed by atoms with Gasteiger partial charge in [0.05, 0.1) is 29.7 Å². The molecule has 2 N–H and O–H groups in total. The third kappa shape index (κ3) is 3.32. The molecule has 0 atom stereocenters. The van der Waals surface area contributed by atoms with Gasteiger partial charge in [-0.3, -0.25) is 9.20 Å². The molecule has 2 heterocycles. The van der Waals surface area contributed by atoms with Crippen molar-refractivity contribution in [3.8, 4) is 6.07 Å². The van der Waals surface area contributed by atoms with E-state index in [-0.39, 0.29) is 12.5 Å². The van der Waals surface area contributed by atoms with E-state index in [0.29, 0.717) is 30.8 Å². The van der Waals surface area contributed by atoms with Gasteiger partial charge in [0.1, 0.15) is 11.9 Å². The number of nitrogens with zero attached hydrogens (tertiary/aromatic N) is 3. The van der Waals surface area contributed by atoms with Crippen molar-refractivity contribution in [1.29, 1.82) is 5.26 Å². The van der Waals surface area contributed by atoms with Crippen LogP contribution >= 0.6 is 0 Å². The van der Waals surface area contributed by atoms with Crippen molar-refractivity contribution in [2.75, 3.05) is 32.1 Å². The molecule has 0 bridgehead atoms. The maximum atomic E-state index is 12.0. The summed E-state index contributed by atoms with van der Waals surface area (Å²) < 4.78 is 6.83. The van der Waals surface area contributed by atoms with Gasteiger partial charge in [0.2, 0.25) is 5.91 Å². The quantitative estimate of drug-likeness (QED) is 0.636. The molecular formula is C19H21N5O2. The number of anilines is 1. The van der Waals surface area contributed by atoms with Crippen LogP contribution in [0.4, 0.5) is 5.82 Å². The second-order valence-electron chi connectivity index (χ2n) is 5.85. The number of amides is 1. The number of benzene rings is 1. The van der Waals surface area contributed by atoms with Crippen molar-refractivity contribution in [3.05, 3.63) is 41.5 Å². The average Bonchev–Trinajstić information content (AvgIpc) is 3.05. The monoisotopic (exact) mass is 351 g/mol. The number of methoxy groups -OCH3 is 1. The number of carbonyl (C=O) groups is 1. The summed E-state index contributed by atoms with van der Waals surface area (Å²) in [5, 5.41) is 15.6. The molecule has 7 nitrogen and oxygen atoms in total. The van der Waals surface area contributed by atoms with E-state index in [4.69, 9.17) is 4.74 Å². The SMILES string of the molecule is CCc1cc(NCC(=O)NCCOC)n2c(nc3ccccc32)c1C#N. The van der Waals surface area contributed by atoms with Crippen molar-refractivity contribution in [2.45, 2.75) is 13.3 Å². The molecule has 3 rings (SSSR count). The molecule has 2 aromatic heterocycles. The number of aryl methyl sites for hydroxylation is 1. The lowest BCUT2D eigenvalue weighted by Crippen LogP contribution is -2.32. The Hall–Kier alpha value is -3.11. The number of ether oxygens (including phenoxy) is 1. The molecule has 0 radical (unpaired) electrons. The highest BCUT2D eigenvalue weighted by molar-refractivity contribution is 5.86. The van der Waals surface area contributed by atoms with Crippen molar-refractivity contribution in [1.82, 2.24) is 14.7 Å². The van der Waals surface area contributed by atoms with E-state index in [2.05, 4.69) is 21.7 Å². The number of para-hydroxylation sites is 2. The lowest BCUT2D eigenvalue weighted by Gasteiger charge is -2.13. The number of fused-ring (bicyclic) bond motifs is 3. The van der Waals surface area contributed by atoms with Crippen LogP contribution in [0.25, 0.3) is 16.7 Å². The molecule has 0 saturated heterocycles. The van der Waals surface area contributed by atoms with Crippen LogP contribution in [0.15, 0.2) is 30.3 Å². The fourth-order valence-corrected chi connectivity index (χ4v) is 2.94. The minimum absolute atomic E-state index is 0.123. The molecule has 26 heavy (non-hydrogen) atoms. The Balaban J connectivity index is 2.01. The number of nitriles is 1. The second-order valence-corrected chi connectivity index (χ2v) is 5.85. The first-order chi connectivity index (χ1) is 12.7. The van der Waals surface area contributed by atoms with Crippen LogP contribution in [0.5, 0.6) is 0 Å². The van der Waals surface area contributed by atoms with E-state index < -0.39 is 0 Å². The number of pyridine rings is 1. The normalized spacial score (nSPS) is 10.8. The number of carbonyl (C=O) groups excluding carboxylic acids is 1. The summed E-state index contributed by atoms with van der Waals surface area (Å²) in [6.07, 6.45) is 0.706. The molecule has 0 unspecified atom stereocenters. The Morgan fingerprint density at radius 1 is 1.38 bits per heavy atom. The third-order valence-electron chi connectivity index (χ3n) is 4.21. The van der Waals surface area contributed by atoms with Gasteiger partial charge in [-0.1, -0.05) is 19.1 Å². The highest BCUT2D eigenvalue weighted by Crippen LogP contribution is 2.27. The van der Waals surface area contributed by atoms with Crippen LogP contribution in [0.2, 0.25) is 0 Å². The van der Waals surface area contributed by atoms with Gasteiger partial charge in [0, 0.05) is 13.7 Å². The topological polar surface area (TPSA) is 91.4 Å². The minimum atomic E-state index is -0.123.